The second kappa shape index (κ2) is 8.49. The van der Waals surface area contributed by atoms with E-state index in [0.717, 1.165) is 43.2 Å². The molecule has 1 N–H and O–H groups in total. The summed E-state index contributed by atoms with van der Waals surface area (Å²) in [5.74, 6) is 0.322. The van der Waals surface area contributed by atoms with Gasteiger partial charge in [0.1, 0.15) is 11.6 Å². The van der Waals surface area contributed by atoms with Gasteiger partial charge in [0.25, 0.3) is 0 Å². The van der Waals surface area contributed by atoms with Crippen molar-refractivity contribution in [1.29, 1.82) is 0 Å². The molecule has 1 saturated heterocycles. The first-order valence-corrected chi connectivity index (χ1v) is 10.2. The molecule has 2 heterocycles. The van der Waals surface area contributed by atoms with Crippen molar-refractivity contribution in [2.75, 3.05) is 18.0 Å². The summed E-state index contributed by atoms with van der Waals surface area (Å²) in [6.45, 7) is 14.1. The van der Waals surface area contributed by atoms with E-state index in [1.807, 2.05) is 27.7 Å². The molecule has 6 heteroatoms. The molecule has 0 radical (unpaired) electrons. The van der Waals surface area contributed by atoms with Crippen molar-refractivity contribution in [3.05, 3.63) is 11.1 Å². The van der Waals surface area contributed by atoms with Crippen LogP contribution in [-0.4, -0.2) is 41.7 Å². The summed E-state index contributed by atoms with van der Waals surface area (Å²) in [6, 6.07) is 0.131. The minimum Gasteiger partial charge on any atom is -0.459 e. The van der Waals surface area contributed by atoms with Crippen LogP contribution in [0.15, 0.2) is 5.38 Å². The van der Waals surface area contributed by atoms with Gasteiger partial charge in [0.05, 0.1) is 5.69 Å². The number of carbonyl (C=O) groups is 1. The summed E-state index contributed by atoms with van der Waals surface area (Å²) >= 11 is 1.71. The number of anilines is 1. The molecule has 1 aromatic rings. The Hall–Kier alpha value is -1.14. The average Bonchev–Trinajstić information content (AvgIpc) is 2.91. The lowest BCUT2D eigenvalue weighted by Gasteiger charge is -2.35. The predicted octanol–water partition coefficient (Wildman–Crippen LogP) is 3.77. The number of rotatable bonds is 6. The fraction of sp³-hybridized carbons (Fsp3) is 0.789. The molecule has 142 valence electrons. The number of hydrogen-bond donors (Lipinski definition) is 1. The van der Waals surface area contributed by atoms with Crippen molar-refractivity contribution in [3.63, 3.8) is 0 Å². The summed E-state index contributed by atoms with van der Waals surface area (Å²) in [4.78, 5) is 19.5. The summed E-state index contributed by atoms with van der Waals surface area (Å²) in [7, 11) is 0. The highest BCUT2D eigenvalue weighted by Crippen LogP contribution is 2.24. The molecule has 1 atom stereocenters. The van der Waals surface area contributed by atoms with Crippen LogP contribution in [0.3, 0.4) is 0 Å². The van der Waals surface area contributed by atoms with E-state index >= 15 is 0 Å². The van der Waals surface area contributed by atoms with Gasteiger partial charge in [-0.3, -0.25) is 4.79 Å². The van der Waals surface area contributed by atoms with Gasteiger partial charge in [0, 0.05) is 24.5 Å². The Labute approximate surface area is 156 Å². The number of piperidine rings is 1. The van der Waals surface area contributed by atoms with Gasteiger partial charge in [-0.15, -0.1) is 11.3 Å². The molecule has 0 spiro atoms. The Balaban J connectivity index is 1.90. The van der Waals surface area contributed by atoms with Crippen molar-refractivity contribution in [3.8, 4) is 0 Å². The van der Waals surface area contributed by atoms with Gasteiger partial charge < -0.3 is 15.0 Å². The zero-order chi connectivity index (χ0) is 18.6. The number of thiazole rings is 1. The Morgan fingerprint density at radius 1 is 1.40 bits per heavy atom. The summed E-state index contributed by atoms with van der Waals surface area (Å²) in [5.41, 5.74) is 0.641. The molecule has 0 amide bonds. The van der Waals surface area contributed by atoms with Crippen LogP contribution in [0.25, 0.3) is 0 Å². The molecule has 1 aliphatic heterocycles. The second-order valence-corrected chi connectivity index (χ2v) is 9.25. The van der Waals surface area contributed by atoms with Crippen LogP contribution in [0.1, 0.15) is 59.6 Å². The van der Waals surface area contributed by atoms with Crippen molar-refractivity contribution >= 4 is 22.4 Å². The van der Waals surface area contributed by atoms with Crippen LogP contribution in [0.4, 0.5) is 5.13 Å². The maximum Gasteiger partial charge on any atom is 0.323 e. The Kier molecular flexibility index (Phi) is 6.86. The van der Waals surface area contributed by atoms with E-state index in [4.69, 9.17) is 4.74 Å². The van der Waals surface area contributed by atoms with Crippen molar-refractivity contribution < 1.29 is 9.53 Å². The average molecular weight is 368 g/mol. The number of hydrogen-bond acceptors (Lipinski definition) is 6. The molecule has 0 aliphatic carbocycles. The van der Waals surface area contributed by atoms with E-state index < -0.39 is 5.60 Å². The highest BCUT2D eigenvalue weighted by molar-refractivity contribution is 7.13. The highest BCUT2D eigenvalue weighted by atomic mass is 32.1. The van der Waals surface area contributed by atoms with Crippen molar-refractivity contribution in [1.82, 2.24) is 10.3 Å². The van der Waals surface area contributed by atoms with Gasteiger partial charge >= 0.3 is 5.97 Å². The van der Waals surface area contributed by atoms with Crippen molar-refractivity contribution in [2.24, 2.45) is 5.92 Å². The van der Waals surface area contributed by atoms with E-state index in [0.29, 0.717) is 12.0 Å². The zero-order valence-electron chi connectivity index (χ0n) is 16.5. The van der Waals surface area contributed by atoms with Gasteiger partial charge in [0.2, 0.25) is 0 Å². The third-order valence-corrected chi connectivity index (χ3v) is 5.23. The number of nitrogens with one attached hydrogen (secondary N) is 1. The third-order valence-electron chi connectivity index (χ3n) is 4.21. The maximum atomic E-state index is 12.6. The lowest BCUT2D eigenvalue weighted by Crippen LogP contribution is -2.50. The predicted molar refractivity (Wildman–Crippen MR) is 104 cm³/mol. The largest absolute Gasteiger partial charge is 0.459 e. The molecule has 2 rings (SSSR count). The Bertz CT molecular complexity index is 557. The van der Waals surface area contributed by atoms with Crippen LogP contribution in [-0.2, 0) is 9.53 Å². The quantitative estimate of drug-likeness (QED) is 0.776. The highest BCUT2D eigenvalue weighted by Gasteiger charge is 2.29. The first-order chi connectivity index (χ1) is 11.6. The molecule has 25 heavy (non-hydrogen) atoms. The number of aryl methyl sites for hydroxylation is 1. The summed E-state index contributed by atoms with van der Waals surface area (Å²) in [6.07, 6.45) is 2.85. The standard InChI is InChI=1S/C19H33N3O2S/c1-13(2)11-16(17(23)24-19(4,5)6)21-15-7-9-22(10-8-15)18-20-14(3)12-25-18/h12-13,15-16,21H,7-11H2,1-6H3/t16-/m1/s1. The maximum absolute atomic E-state index is 12.6. The van der Waals surface area contributed by atoms with Crippen LogP contribution >= 0.6 is 11.3 Å². The topological polar surface area (TPSA) is 54.5 Å². The number of carbonyl (C=O) groups excluding carboxylic acids is 1. The first-order valence-electron chi connectivity index (χ1n) is 9.30. The van der Waals surface area contributed by atoms with Crippen LogP contribution in [0, 0.1) is 12.8 Å². The minimum atomic E-state index is -0.444. The van der Waals surface area contributed by atoms with E-state index in [-0.39, 0.29) is 12.0 Å². The SMILES string of the molecule is Cc1csc(N2CCC(N[C@H](CC(C)C)C(=O)OC(C)(C)C)CC2)n1. The molecule has 1 aromatic heterocycles. The molecule has 5 nitrogen and oxygen atoms in total. The molecule has 0 unspecified atom stereocenters. The molecule has 1 aliphatic rings. The molecule has 0 bridgehead atoms. The third kappa shape index (κ3) is 6.59. The van der Waals surface area contributed by atoms with E-state index in [1.165, 1.54) is 0 Å². The van der Waals surface area contributed by atoms with Crippen LogP contribution < -0.4 is 10.2 Å². The molecular formula is C19H33N3O2S. The monoisotopic (exact) mass is 367 g/mol. The molecule has 1 fully saturated rings. The Morgan fingerprint density at radius 3 is 2.52 bits per heavy atom. The summed E-state index contributed by atoms with van der Waals surface area (Å²) in [5, 5.41) is 6.78. The normalized spacial score (nSPS) is 17.8. The van der Waals surface area contributed by atoms with Gasteiger partial charge in [-0.1, -0.05) is 13.8 Å². The number of nitrogens with zero attached hydrogens (tertiary/aromatic N) is 2. The molecule has 0 saturated carbocycles. The minimum absolute atomic E-state index is 0.126. The van der Waals surface area contributed by atoms with Crippen molar-refractivity contribution in [2.45, 2.75) is 78.5 Å². The first kappa shape index (κ1) is 20.2. The van der Waals surface area contributed by atoms with Crippen LogP contribution in [0.5, 0.6) is 0 Å². The fourth-order valence-corrected chi connectivity index (χ4v) is 3.94. The summed E-state index contributed by atoms with van der Waals surface area (Å²) < 4.78 is 5.62. The lowest BCUT2D eigenvalue weighted by molar-refractivity contribution is -0.158. The van der Waals surface area contributed by atoms with Gasteiger partial charge in [-0.25, -0.2) is 4.98 Å². The van der Waals surface area contributed by atoms with E-state index in [2.05, 4.69) is 34.4 Å². The van der Waals surface area contributed by atoms with Gasteiger partial charge in [-0.05, 0) is 52.9 Å². The van der Waals surface area contributed by atoms with Gasteiger partial charge in [0.15, 0.2) is 5.13 Å². The Morgan fingerprint density at radius 2 is 2.04 bits per heavy atom. The smallest absolute Gasteiger partial charge is 0.323 e. The molecule has 0 aromatic carbocycles. The fourth-order valence-electron chi connectivity index (χ4n) is 3.09. The van der Waals surface area contributed by atoms with E-state index in [9.17, 15) is 4.79 Å². The van der Waals surface area contributed by atoms with Crippen LogP contribution in [0.2, 0.25) is 0 Å². The van der Waals surface area contributed by atoms with Gasteiger partial charge in [-0.2, -0.15) is 0 Å². The number of ether oxygens (including phenoxy) is 1. The number of aromatic nitrogens is 1. The van der Waals surface area contributed by atoms with E-state index in [1.54, 1.807) is 11.3 Å². The number of esters is 1. The zero-order valence-corrected chi connectivity index (χ0v) is 17.3. The molecular weight excluding hydrogens is 334 g/mol. The second-order valence-electron chi connectivity index (χ2n) is 8.42. The lowest BCUT2D eigenvalue weighted by atomic mass is 9.99.